The molecule has 0 spiro atoms. The summed E-state index contributed by atoms with van der Waals surface area (Å²) in [6, 6.07) is 7.70. The number of carbonyl (C=O) groups excluding carboxylic acids is 1. The van der Waals surface area contributed by atoms with E-state index in [1.807, 2.05) is 29.6 Å². The first kappa shape index (κ1) is 12.0. The lowest BCUT2D eigenvalue weighted by molar-refractivity contribution is -0.111. The van der Waals surface area contributed by atoms with E-state index in [4.69, 9.17) is 0 Å². The van der Waals surface area contributed by atoms with E-state index in [1.165, 1.54) is 17.4 Å². The molecule has 0 radical (unpaired) electrons. The molecule has 0 aliphatic carbocycles. The Morgan fingerprint density at radius 2 is 2.24 bits per heavy atom. The summed E-state index contributed by atoms with van der Waals surface area (Å²) in [6.45, 7) is 0. The lowest BCUT2D eigenvalue weighted by Gasteiger charge is -1.97. The fourth-order valence-electron chi connectivity index (χ4n) is 1.21. The maximum absolute atomic E-state index is 11.5. The van der Waals surface area contributed by atoms with Gasteiger partial charge in [0.25, 0.3) is 0 Å². The zero-order chi connectivity index (χ0) is 12.1. The van der Waals surface area contributed by atoms with Crippen LogP contribution in [0.2, 0.25) is 0 Å². The van der Waals surface area contributed by atoms with E-state index < -0.39 is 0 Å². The molecule has 86 valence electrons. The molecule has 2 rings (SSSR count). The maximum Gasteiger partial charge on any atom is 0.250 e. The highest BCUT2D eigenvalue weighted by atomic mass is 79.9. The summed E-state index contributed by atoms with van der Waals surface area (Å²) in [5, 5.41) is 5.09. The van der Waals surface area contributed by atoms with Gasteiger partial charge in [-0.15, -0.1) is 11.3 Å². The molecule has 1 N–H and O–H groups in total. The second-order valence-corrected chi connectivity index (χ2v) is 4.93. The minimum absolute atomic E-state index is 0.185. The minimum Gasteiger partial charge on any atom is -0.298 e. The van der Waals surface area contributed by atoms with E-state index in [1.54, 1.807) is 12.3 Å². The number of carbonyl (C=O) groups is 1. The third-order valence-corrected chi connectivity index (χ3v) is 3.39. The predicted octanol–water partition coefficient (Wildman–Crippen LogP) is 3.56. The molecule has 1 heterocycles. The lowest BCUT2D eigenvalue weighted by Crippen LogP contribution is -2.07. The fourth-order valence-corrected chi connectivity index (χ4v) is 2.16. The van der Waals surface area contributed by atoms with Crippen LogP contribution in [-0.2, 0) is 4.79 Å². The van der Waals surface area contributed by atoms with Gasteiger partial charge in [-0.3, -0.25) is 10.1 Å². The molecule has 0 aliphatic heterocycles. The molecule has 0 saturated heterocycles. The van der Waals surface area contributed by atoms with Crippen molar-refractivity contribution >= 4 is 44.4 Å². The first-order chi connectivity index (χ1) is 8.25. The Morgan fingerprint density at radius 1 is 1.41 bits per heavy atom. The second kappa shape index (κ2) is 5.75. The van der Waals surface area contributed by atoms with E-state index in [0.29, 0.717) is 5.13 Å². The highest BCUT2D eigenvalue weighted by Crippen LogP contribution is 2.17. The second-order valence-electron chi connectivity index (χ2n) is 3.18. The van der Waals surface area contributed by atoms with Crippen LogP contribution in [0.5, 0.6) is 0 Å². The summed E-state index contributed by atoms with van der Waals surface area (Å²) in [5.41, 5.74) is 0.960. The van der Waals surface area contributed by atoms with Crippen molar-refractivity contribution in [2.75, 3.05) is 5.32 Å². The van der Waals surface area contributed by atoms with Gasteiger partial charge in [0.1, 0.15) is 0 Å². The van der Waals surface area contributed by atoms with Crippen molar-refractivity contribution in [1.29, 1.82) is 0 Å². The SMILES string of the molecule is O=C(C=Cc1ccccc1Br)Nc1nccs1. The van der Waals surface area contributed by atoms with Gasteiger partial charge in [0, 0.05) is 22.1 Å². The van der Waals surface area contributed by atoms with Crippen LogP contribution in [0.1, 0.15) is 5.56 Å². The summed E-state index contributed by atoms with van der Waals surface area (Å²) in [5.74, 6) is -0.185. The number of anilines is 1. The van der Waals surface area contributed by atoms with Gasteiger partial charge in [-0.05, 0) is 17.7 Å². The Kier molecular flexibility index (Phi) is 4.06. The van der Waals surface area contributed by atoms with Crippen LogP contribution in [0.4, 0.5) is 5.13 Å². The maximum atomic E-state index is 11.5. The molecule has 3 nitrogen and oxygen atoms in total. The van der Waals surface area contributed by atoms with Gasteiger partial charge >= 0.3 is 0 Å². The average Bonchev–Trinajstić information content (AvgIpc) is 2.81. The van der Waals surface area contributed by atoms with Gasteiger partial charge < -0.3 is 0 Å². The largest absolute Gasteiger partial charge is 0.298 e. The monoisotopic (exact) mass is 308 g/mol. The van der Waals surface area contributed by atoms with Gasteiger partial charge in [0.15, 0.2) is 5.13 Å². The number of aromatic nitrogens is 1. The smallest absolute Gasteiger partial charge is 0.250 e. The number of thiazole rings is 1. The van der Waals surface area contributed by atoms with E-state index >= 15 is 0 Å². The highest BCUT2D eigenvalue weighted by molar-refractivity contribution is 9.10. The van der Waals surface area contributed by atoms with Crippen molar-refractivity contribution in [1.82, 2.24) is 4.98 Å². The number of benzene rings is 1. The van der Waals surface area contributed by atoms with Crippen LogP contribution in [-0.4, -0.2) is 10.9 Å². The third kappa shape index (κ3) is 3.51. The molecule has 0 fully saturated rings. The Balaban J connectivity index is 2.01. The molecule has 0 atom stereocenters. The van der Waals surface area contributed by atoms with Crippen LogP contribution in [0.3, 0.4) is 0 Å². The van der Waals surface area contributed by atoms with Crippen molar-refractivity contribution in [2.24, 2.45) is 0 Å². The Bertz CT molecular complexity index is 537. The quantitative estimate of drug-likeness (QED) is 0.881. The van der Waals surface area contributed by atoms with Gasteiger partial charge in [-0.1, -0.05) is 34.1 Å². The van der Waals surface area contributed by atoms with Crippen LogP contribution in [0.25, 0.3) is 6.08 Å². The zero-order valence-electron chi connectivity index (χ0n) is 8.76. The molecule has 0 aliphatic rings. The number of hydrogen-bond acceptors (Lipinski definition) is 3. The lowest BCUT2D eigenvalue weighted by atomic mass is 10.2. The molecule has 5 heteroatoms. The number of amides is 1. The standard InChI is InChI=1S/C12H9BrN2OS/c13-10-4-2-1-3-9(10)5-6-11(16)15-12-14-7-8-17-12/h1-8H,(H,14,15,16). The van der Waals surface area contributed by atoms with Crippen LogP contribution >= 0.6 is 27.3 Å². The van der Waals surface area contributed by atoms with E-state index in [0.717, 1.165) is 10.0 Å². The van der Waals surface area contributed by atoms with Gasteiger partial charge in [-0.2, -0.15) is 0 Å². The summed E-state index contributed by atoms with van der Waals surface area (Å²) in [7, 11) is 0. The minimum atomic E-state index is -0.185. The number of hydrogen-bond donors (Lipinski definition) is 1. The van der Waals surface area contributed by atoms with Crippen LogP contribution in [0, 0.1) is 0 Å². The summed E-state index contributed by atoms with van der Waals surface area (Å²) in [6.07, 6.45) is 4.90. The number of nitrogens with one attached hydrogen (secondary N) is 1. The molecule has 1 amide bonds. The van der Waals surface area contributed by atoms with Crippen molar-refractivity contribution in [3.8, 4) is 0 Å². The topological polar surface area (TPSA) is 42.0 Å². The normalized spacial score (nSPS) is 10.6. The highest BCUT2D eigenvalue weighted by Gasteiger charge is 2.00. The number of nitrogens with zero attached hydrogens (tertiary/aromatic N) is 1. The van der Waals surface area contributed by atoms with Crippen molar-refractivity contribution in [3.63, 3.8) is 0 Å². The van der Waals surface area contributed by atoms with Crippen LogP contribution < -0.4 is 5.32 Å². The van der Waals surface area contributed by atoms with Gasteiger partial charge in [0.05, 0.1) is 0 Å². The average molecular weight is 309 g/mol. The molecule has 0 unspecified atom stereocenters. The molecular formula is C12H9BrN2OS. The zero-order valence-corrected chi connectivity index (χ0v) is 11.2. The predicted molar refractivity (Wildman–Crippen MR) is 73.9 cm³/mol. The van der Waals surface area contributed by atoms with Crippen molar-refractivity contribution in [3.05, 3.63) is 52.0 Å². The third-order valence-electron chi connectivity index (χ3n) is 1.98. The Morgan fingerprint density at radius 3 is 2.94 bits per heavy atom. The van der Waals surface area contributed by atoms with E-state index in [2.05, 4.69) is 26.2 Å². The fraction of sp³-hybridized carbons (Fsp3) is 0. The van der Waals surface area contributed by atoms with E-state index in [-0.39, 0.29) is 5.91 Å². The first-order valence-corrected chi connectivity index (χ1v) is 6.56. The first-order valence-electron chi connectivity index (χ1n) is 4.89. The molecule has 0 saturated carbocycles. The molecule has 2 aromatic rings. The molecule has 1 aromatic heterocycles. The Labute approximate surface area is 111 Å². The summed E-state index contributed by atoms with van der Waals surface area (Å²) < 4.78 is 0.957. The molecule has 1 aromatic carbocycles. The molecular weight excluding hydrogens is 300 g/mol. The van der Waals surface area contributed by atoms with Crippen molar-refractivity contribution in [2.45, 2.75) is 0 Å². The molecule has 0 bridgehead atoms. The summed E-state index contributed by atoms with van der Waals surface area (Å²) >= 11 is 4.80. The van der Waals surface area contributed by atoms with E-state index in [9.17, 15) is 4.79 Å². The summed E-state index contributed by atoms with van der Waals surface area (Å²) in [4.78, 5) is 15.5. The van der Waals surface area contributed by atoms with Gasteiger partial charge in [-0.25, -0.2) is 4.98 Å². The number of rotatable bonds is 3. The number of halogens is 1. The molecule has 17 heavy (non-hydrogen) atoms. The van der Waals surface area contributed by atoms with Crippen molar-refractivity contribution < 1.29 is 4.79 Å². The van der Waals surface area contributed by atoms with Gasteiger partial charge in [0.2, 0.25) is 5.91 Å². The Hall–Kier alpha value is -1.46. The van der Waals surface area contributed by atoms with Crippen LogP contribution in [0.15, 0.2) is 46.4 Å².